The van der Waals surface area contributed by atoms with Gasteiger partial charge in [-0.15, -0.1) is 0 Å². The highest BCUT2D eigenvalue weighted by Gasteiger charge is 2.15. The molecule has 106 valence electrons. The maximum atomic E-state index is 13.6. The maximum Gasteiger partial charge on any atom is 0.338 e. The first-order chi connectivity index (χ1) is 8.85. The lowest BCUT2D eigenvalue weighted by atomic mass is 10.00. The minimum atomic E-state index is -1.32. The monoisotopic (exact) mass is 268 g/mol. The molecule has 0 saturated heterocycles. The van der Waals surface area contributed by atoms with E-state index in [4.69, 9.17) is 10.8 Å². The summed E-state index contributed by atoms with van der Waals surface area (Å²) in [6, 6.07) is 2.44. The summed E-state index contributed by atoms with van der Waals surface area (Å²) in [6.45, 7) is 6.26. The molecule has 0 radical (unpaired) electrons. The van der Waals surface area contributed by atoms with Crippen molar-refractivity contribution in [2.75, 3.05) is 11.1 Å². The minimum absolute atomic E-state index is 0.146. The fourth-order valence-corrected chi connectivity index (χ4v) is 1.97. The molecule has 19 heavy (non-hydrogen) atoms. The number of carbonyl (C=O) groups is 1. The molecule has 1 rings (SSSR count). The van der Waals surface area contributed by atoms with E-state index in [1.165, 1.54) is 0 Å². The Balaban J connectivity index is 2.85. The van der Waals surface area contributed by atoms with Gasteiger partial charge in [0.1, 0.15) is 5.82 Å². The van der Waals surface area contributed by atoms with Gasteiger partial charge in [0.05, 0.1) is 16.9 Å². The van der Waals surface area contributed by atoms with Crippen molar-refractivity contribution < 1.29 is 14.3 Å². The van der Waals surface area contributed by atoms with Gasteiger partial charge in [-0.2, -0.15) is 0 Å². The number of carboxylic acids is 1. The van der Waals surface area contributed by atoms with E-state index in [0.29, 0.717) is 11.6 Å². The zero-order valence-electron chi connectivity index (χ0n) is 11.5. The second-order valence-corrected chi connectivity index (χ2v) is 5.02. The van der Waals surface area contributed by atoms with Crippen LogP contribution in [0.2, 0.25) is 0 Å². The number of nitrogens with one attached hydrogen (secondary N) is 1. The molecular weight excluding hydrogens is 247 g/mol. The Kier molecular flexibility index (Phi) is 5.15. The molecule has 0 amide bonds. The minimum Gasteiger partial charge on any atom is -0.478 e. The van der Waals surface area contributed by atoms with Crippen LogP contribution in [0.15, 0.2) is 12.1 Å². The van der Waals surface area contributed by atoms with E-state index in [1.54, 1.807) is 0 Å². The Morgan fingerprint density at radius 1 is 1.47 bits per heavy atom. The number of anilines is 2. The number of carboxylic acid groups (broad SMARTS) is 1. The molecule has 0 bridgehead atoms. The molecule has 0 fully saturated rings. The van der Waals surface area contributed by atoms with E-state index in [9.17, 15) is 9.18 Å². The van der Waals surface area contributed by atoms with E-state index < -0.39 is 17.3 Å². The van der Waals surface area contributed by atoms with Gasteiger partial charge in [0.25, 0.3) is 0 Å². The van der Waals surface area contributed by atoms with E-state index in [2.05, 4.69) is 19.2 Å². The van der Waals surface area contributed by atoms with Gasteiger partial charge < -0.3 is 16.2 Å². The Morgan fingerprint density at radius 2 is 2.11 bits per heavy atom. The molecule has 0 aliphatic carbocycles. The van der Waals surface area contributed by atoms with Crippen molar-refractivity contribution in [2.24, 2.45) is 5.92 Å². The molecule has 1 aromatic rings. The van der Waals surface area contributed by atoms with E-state index in [1.807, 2.05) is 6.92 Å². The highest BCUT2D eigenvalue weighted by atomic mass is 19.1. The lowest BCUT2D eigenvalue weighted by Crippen LogP contribution is -2.19. The number of benzene rings is 1. The van der Waals surface area contributed by atoms with Crippen LogP contribution in [0.5, 0.6) is 0 Å². The summed E-state index contributed by atoms with van der Waals surface area (Å²) in [7, 11) is 0. The lowest BCUT2D eigenvalue weighted by Gasteiger charge is -2.20. The van der Waals surface area contributed by atoms with Gasteiger partial charge in [-0.1, -0.05) is 20.3 Å². The summed E-state index contributed by atoms with van der Waals surface area (Å²) in [6.07, 6.45) is 2.02. The van der Waals surface area contributed by atoms with Crippen LogP contribution in [0.4, 0.5) is 15.8 Å². The van der Waals surface area contributed by atoms with Gasteiger partial charge in [0.2, 0.25) is 0 Å². The van der Waals surface area contributed by atoms with Gasteiger partial charge in [-0.25, -0.2) is 9.18 Å². The maximum absolute atomic E-state index is 13.6. The van der Waals surface area contributed by atoms with Gasteiger partial charge in [-0.3, -0.25) is 0 Å². The second-order valence-electron chi connectivity index (χ2n) is 5.02. The molecule has 0 saturated carbocycles. The third-order valence-corrected chi connectivity index (χ3v) is 3.22. The van der Waals surface area contributed by atoms with Crippen molar-refractivity contribution in [3.63, 3.8) is 0 Å². The Morgan fingerprint density at radius 3 is 2.63 bits per heavy atom. The van der Waals surface area contributed by atoms with Gasteiger partial charge in [0.15, 0.2) is 0 Å². The summed E-state index contributed by atoms with van der Waals surface area (Å²) in [5, 5.41) is 11.9. The molecule has 5 heteroatoms. The fraction of sp³-hybridized carbons (Fsp3) is 0.500. The molecule has 1 aromatic carbocycles. The highest BCUT2D eigenvalue weighted by Crippen LogP contribution is 2.25. The molecule has 0 heterocycles. The van der Waals surface area contributed by atoms with E-state index in [-0.39, 0.29) is 11.7 Å². The third-order valence-electron chi connectivity index (χ3n) is 3.22. The van der Waals surface area contributed by atoms with Crippen molar-refractivity contribution in [3.8, 4) is 0 Å². The Bertz CT molecular complexity index is 463. The van der Waals surface area contributed by atoms with Crippen molar-refractivity contribution in [1.29, 1.82) is 0 Å². The fourth-order valence-electron chi connectivity index (χ4n) is 1.97. The van der Waals surface area contributed by atoms with Gasteiger partial charge in [-0.05, 0) is 31.4 Å². The predicted octanol–water partition coefficient (Wildman–Crippen LogP) is 3.34. The molecule has 4 N–H and O–H groups in total. The van der Waals surface area contributed by atoms with Gasteiger partial charge in [0, 0.05) is 6.04 Å². The predicted molar refractivity (Wildman–Crippen MR) is 74.9 cm³/mol. The van der Waals surface area contributed by atoms with Crippen LogP contribution in [-0.4, -0.2) is 17.1 Å². The summed E-state index contributed by atoms with van der Waals surface area (Å²) in [4.78, 5) is 10.8. The van der Waals surface area contributed by atoms with Crippen LogP contribution < -0.4 is 11.1 Å². The average Bonchev–Trinajstić information content (AvgIpc) is 2.32. The van der Waals surface area contributed by atoms with Crippen LogP contribution in [-0.2, 0) is 0 Å². The highest BCUT2D eigenvalue weighted by molar-refractivity contribution is 5.90. The Labute approximate surface area is 112 Å². The zero-order chi connectivity index (χ0) is 14.6. The number of rotatable bonds is 6. The van der Waals surface area contributed by atoms with Crippen LogP contribution in [0.1, 0.15) is 44.0 Å². The zero-order valence-corrected chi connectivity index (χ0v) is 11.5. The first-order valence-electron chi connectivity index (χ1n) is 6.44. The average molecular weight is 268 g/mol. The largest absolute Gasteiger partial charge is 0.478 e. The number of hydrogen-bond acceptors (Lipinski definition) is 3. The molecule has 0 aromatic heterocycles. The third kappa shape index (κ3) is 4.12. The lowest BCUT2D eigenvalue weighted by molar-refractivity contribution is 0.0692. The molecule has 0 aliphatic heterocycles. The molecule has 0 spiro atoms. The van der Waals surface area contributed by atoms with Gasteiger partial charge >= 0.3 is 5.97 Å². The smallest absolute Gasteiger partial charge is 0.338 e. The number of nitrogen functional groups attached to an aromatic ring is 1. The SMILES string of the molecule is CCC(C)CC(C)Nc1cc(F)c(C(=O)O)cc1N. The summed E-state index contributed by atoms with van der Waals surface area (Å²) in [5.74, 6) is -1.53. The normalized spacial score (nSPS) is 13.9. The number of nitrogens with two attached hydrogens (primary N) is 1. The standard InChI is InChI=1S/C14H21FN2O2/c1-4-8(2)5-9(3)17-13-7-11(15)10(14(18)19)6-12(13)16/h6-9,17H,4-5,16H2,1-3H3,(H,18,19). The molecule has 4 nitrogen and oxygen atoms in total. The van der Waals surface area contributed by atoms with Crippen molar-refractivity contribution >= 4 is 17.3 Å². The summed E-state index contributed by atoms with van der Waals surface area (Å²) >= 11 is 0. The second kappa shape index (κ2) is 6.41. The van der Waals surface area contributed by atoms with E-state index in [0.717, 1.165) is 25.0 Å². The topological polar surface area (TPSA) is 75.3 Å². The number of hydrogen-bond donors (Lipinski definition) is 3. The summed E-state index contributed by atoms with van der Waals surface area (Å²) < 4.78 is 13.6. The first-order valence-corrected chi connectivity index (χ1v) is 6.44. The van der Waals surface area contributed by atoms with Crippen LogP contribution in [0.3, 0.4) is 0 Å². The van der Waals surface area contributed by atoms with Crippen LogP contribution in [0, 0.1) is 11.7 Å². The van der Waals surface area contributed by atoms with Crippen molar-refractivity contribution in [1.82, 2.24) is 0 Å². The van der Waals surface area contributed by atoms with Crippen molar-refractivity contribution in [2.45, 2.75) is 39.7 Å². The van der Waals surface area contributed by atoms with Crippen molar-refractivity contribution in [3.05, 3.63) is 23.5 Å². The molecule has 2 atom stereocenters. The quantitative estimate of drug-likeness (QED) is 0.692. The van der Waals surface area contributed by atoms with E-state index >= 15 is 0 Å². The molecule has 2 unspecified atom stereocenters. The first kappa shape index (κ1) is 15.3. The summed E-state index contributed by atoms with van der Waals surface area (Å²) in [5.41, 5.74) is 6.03. The van der Waals surface area contributed by atoms with Crippen LogP contribution in [0.25, 0.3) is 0 Å². The Hall–Kier alpha value is -1.78. The number of halogens is 1. The number of aromatic carboxylic acids is 1. The molecular formula is C14H21FN2O2. The molecule has 0 aliphatic rings. The van der Waals surface area contributed by atoms with Crippen LogP contribution >= 0.6 is 0 Å².